The minimum absolute atomic E-state index is 0.0481. The van der Waals surface area contributed by atoms with E-state index in [2.05, 4.69) is 9.97 Å². The maximum Gasteiger partial charge on any atom is 0.417 e. The first-order valence-electron chi connectivity index (χ1n) is 5.93. The zero-order valence-corrected chi connectivity index (χ0v) is 12.1. The molecule has 0 saturated heterocycles. The van der Waals surface area contributed by atoms with Crippen LogP contribution in [0.4, 0.5) is 17.6 Å². The molecule has 2 nitrogen and oxygen atoms in total. The van der Waals surface area contributed by atoms with Gasteiger partial charge in [0.2, 0.25) is 0 Å². The van der Waals surface area contributed by atoms with Crippen LogP contribution < -0.4 is 0 Å². The lowest BCUT2D eigenvalue weighted by Gasteiger charge is -2.13. The van der Waals surface area contributed by atoms with Crippen molar-refractivity contribution in [2.75, 3.05) is 0 Å². The summed E-state index contributed by atoms with van der Waals surface area (Å²) in [5, 5.41) is 0. The summed E-state index contributed by atoms with van der Waals surface area (Å²) in [6, 6.07) is 2.32. The highest BCUT2D eigenvalue weighted by atomic mass is 32.2. The van der Waals surface area contributed by atoms with Gasteiger partial charge in [-0.1, -0.05) is 12.2 Å². The predicted molar refractivity (Wildman–Crippen MR) is 74.8 cm³/mol. The van der Waals surface area contributed by atoms with Gasteiger partial charge in [0.25, 0.3) is 0 Å². The number of benzene rings is 1. The van der Waals surface area contributed by atoms with Crippen LogP contribution in [0.3, 0.4) is 0 Å². The molecule has 0 aliphatic carbocycles. The Labute approximate surface area is 126 Å². The summed E-state index contributed by atoms with van der Waals surface area (Å²) in [4.78, 5) is 6.87. The van der Waals surface area contributed by atoms with E-state index >= 15 is 0 Å². The van der Waals surface area contributed by atoms with Crippen molar-refractivity contribution >= 4 is 24.0 Å². The van der Waals surface area contributed by atoms with E-state index in [1.165, 1.54) is 0 Å². The summed E-state index contributed by atoms with van der Waals surface area (Å²) in [5.41, 5.74) is 0.331. The number of alkyl halides is 3. The van der Waals surface area contributed by atoms with Crippen molar-refractivity contribution in [2.45, 2.75) is 17.7 Å². The zero-order chi connectivity index (χ0) is 15.2. The number of fused-ring (bicyclic) bond motifs is 1. The Hall–Kier alpha value is -1.41. The quantitative estimate of drug-likeness (QED) is 0.605. The number of thioether (sulfide) groups is 1. The molecule has 1 aliphatic rings. The van der Waals surface area contributed by atoms with Crippen LogP contribution in [0.15, 0.2) is 18.2 Å². The molecular formula is C13H8F4N2S2. The summed E-state index contributed by atoms with van der Waals surface area (Å²) >= 11 is 6.72. The molecule has 0 spiro atoms. The van der Waals surface area contributed by atoms with Gasteiger partial charge < -0.3 is 4.98 Å². The number of hydrogen-bond donors (Lipinski definition) is 1. The van der Waals surface area contributed by atoms with Gasteiger partial charge in [-0.25, -0.2) is 9.37 Å². The topological polar surface area (TPSA) is 28.7 Å². The molecule has 1 aliphatic heterocycles. The van der Waals surface area contributed by atoms with Crippen molar-refractivity contribution < 1.29 is 17.6 Å². The molecule has 2 heterocycles. The highest BCUT2D eigenvalue weighted by molar-refractivity contribution is 7.98. The predicted octanol–water partition coefficient (Wildman–Crippen LogP) is 4.71. The number of rotatable bonds is 1. The molecule has 2 aromatic rings. The SMILES string of the molecule is Fc1ccc(C(F)(F)F)c(-c2nc(=S)c3c([nH]2)CSC3)c1. The second kappa shape index (κ2) is 5.10. The van der Waals surface area contributed by atoms with E-state index in [-0.39, 0.29) is 16.0 Å². The summed E-state index contributed by atoms with van der Waals surface area (Å²) < 4.78 is 52.8. The maximum absolute atomic E-state index is 13.4. The van der Waals surface area contributed by atoms with Crippen molar-refractivity contribution in [3.05, 3.63) is 45.5 Å². The lowest BCUT2D eigenvalue weighted by Crippen LogP contribution is -2.09. The van der Waals surface area contributed by atoms with E-state index in [0.29, 0.717) is 17.6 Å². The normalized spacial score (nSPS) is 14.3. The molecule has 8 heteroatoms. The third-order valence-electron chi connectivity index (χ3n) is 3.14. The zero-order valence-electron chi connectivity index (χ0n) is 10.4. The van der Waals surface area contributed by atoms with Crippen LogP contribution in [0.2, 0.25) is 0 Å². The fourth-order valence-electron chi connectivity index (χ4n) is 2.16. The Bertz CT molecular complexity index is 768. The number of nitrogens with zero attached hydrogens (tertiary/aromatic N) is 1. The van der Waals surface area contributed by atoms with Crippen LogP contribution >= 0.6 is 24.0 Å². The van der Waals surface area contributed by atoms with Gasteiger partial charge in [0.05, 0.1) is 5.56 Å². The Morgan fingerprint density at radius 1 is 1.24 bits per heavy atom. The Morgan fingerprint density at radius 3 is 2.71 bits per heavy atom. The molecule has 0 amide bonds. The van der Waals surface area contributed by atoms with Crippen LogP contribution in [-0.2, 0) is 17.7 Å². The van der Waals surface area contributed by atoms with Crippen LogP contribution in [0.5, 0.6) is 0 Å². The third kappa shape index (κ3) is 2.69. The molecule has 1 aromatic carbocycles. The molecule has 0 saturated carbocycles. The van der Waals surface area contributed by atoms with Gasteiger partial charge >= 0.3 is 6.18 Å². The van der Waals surface area contributed by atoms with Crippen LogP contribution in [0.1, 0.15) is 16.8 Å². The molecule has 0 atom stereocenters. The first kappa shape index (κ1) is 14.5. The molecule has 110 valence electrons. The summed E-state index contributed by atoms with van der Waals surface area (Å²) in [6.45, 7) is 0. The van der Waals surface area contributed by atoms with Gasteiger partial charge in [0, 0.05) is 28.3 Å². The first-order valence-corrected chi connectivity index (χ1v) is 7.49. The third-order valence-corrected chi connectivity index (χ3v) is 4.46. The molecule has 1 N–H and O–H groups in total. The molecular weight excluding hydrogens is 324 g/mol. The monoisotopic (exact) mass is 332 g/mol. The Balaban J connectivity index is 2.24. The number of hydrogen-bond acceptors (Lipinski definition) is 3. The largest absolute Gasteiger partial charge is 0.417 e. The fraction of sp³-hybridized carbons (Fsp3) is 0.231. The van der Waals surface area contributed by atoms with E-state index in [1.54, 1.807) is 11.8 Å². The number of aromatic amines is 1. The number of H-pyrrole nitrogens is 1. The summed E-state index contributed by atoms with van der Waals surface area (Å²) in [5.74, 6) is 0.514. The van der Waals surface area contributed by atoms with Crippen molar-refractivity contribution in [3.8, 4) is 11.4 Å². The van der Waals surface area contributed by atoms with Gasteiger partial charge in [-0.2, -0.15) is 24.9 Å². The second-order valence-electron chi connectivity index (χ2n) is 4.53. The molecule has 0 fully saturated rings. The summed E-state index contributed by atoms with van der Waals surface area (Å²) in [6.07, 6.45) is -4.59. The van der Waals surface area contributed by atoms with E-state index < -0.39 is 17.6 Å². The Morgan fingerprint density at radius 2 is 2.00 bits per heavy atom. The highest BCUT2D eigenvalue weighted by Gasteiger charge is 2.34. The fourth-order valence-corrected chi connectivity index (χ4v) is 3.60. The minimum atomic E-state index is -4.59. The van der Waals surface area contributed by atoms with E-state index in [1.807, 2.05) is 0 Å². The second-order valence-corrected chi connectivity index (χ2v) is 5.90. The van der Waals surface area contributed by atoms with Crippen molar-refractivity contribution in [1.82, 2.24) is 9.97 Å². The molecule has 21 heavy (non-hydrogen) atoms. The molecule has 3 rings (SSSR count). The molecule has 1 aromatic heterocycles. The average Bonchev–Trinajstić information content (AvgIpc) is 2.86. The maximum atomic E-state index is 13.4. The lowest BCUT2D eigenvalue weighted by molar-refractivity contribution is -0.137. The van der Waals surface area contributed by atoms with Crippen LogP contribution in [0, 0.1) is 10.5 Å². The van der Waals surface area contributed by atoms with E-state index in [4.69, 9.17) is 12.2 Å². The van der Waals surface area contributed by atoms with Crippen LogP contribution in [0.25, 0.3) is 11.4 Å². The minimum Gasteiger partial charge on any atom is -0.342 e. The highest BCUT2D eigenvalue weighted by Crippen LogP contribution is 2.37. The molecule has 0 bridgehead atoms. The Kier molecular flexibility index (Phi) is 3.53. The summed E-state index contributed by atoms with van der Waals surface area (Å²) in [7, 11) is 0. The van der Waals surface area contributed by atoms with Gasteiger partial charge in [-0.15, -0.1) is 0 Å². The number of aromatic nitrogens is 2. The van der Waals surface area contributed by atoms with Crippen LogP contribution in [-0.4, -0.2) is 9.97 Å². The molecule has 0 unspecified atom stereocenters. The smallest absolute Gasteiger partial charge is 0.342 e. The lowest BCUT2D eigenvalue weighted by atomic mass is 10.1. The van der Waals surface area contributed by atoms with Crippen molar-refractivity contribution in [3.63, 3.8) is 0 Å². The number of nitrogens with one attached hydrogen (secondary N) is 1. The van der Waals surface area contributed by atoms with Gasteiger partial charge in [-0.3, -0.25) is 0 Å². The van der Waals surface area contributed by atoms with Crippen molar-refractivity contribution in [2.24, 2.45) is 0 Å². The first-order chi connectivity index (χ1) is 9.86. The standard InChI is InChI=1S/C13H8F4N2S2/c14-6-1-2-9(13(15,16)17)7(3-6)11-18-10-5-21-4-8(10)12(20)19-11/h1-3H,4-5H2,(H,18,19,20). The van der Waals surface area contributed by atoms with E-state index in [0.717, 1.165) is 23.4 Å². The molecule has 0 radical (unpaired) electrons. The van der Waals surface area contributed by atoms with Gasteiger partial charge in [0.15, 0.2) is 0 Å². The van der Waals surface area contributed by atoms with Crippen molar-refractivity contribution in [1.29, 1.82) is 0 Å². The average molecular weight is 332 g/mol. The number of halogens is 4. The van der Waals surface area contributed by atoms with Gasteiger partial charge in [-0.05, 0) is 18.2 Å². The van der Waals surface area contributed by atoms with E-state index in [9.17, 15) is 17.6 Å². The van der Waals surface area contributed by atoms with Gasteiger partial charge in [0.1, 0.15) is 16.3 Å².